The van der Waals surface area contributed by atoms with E-state index in [1.54, 1.807) is 44.2 Å². The van der Waals surface area contributed by atoms with Crippen molar-refractivity contribution in [1.82, 2.24) is 15.3 Å². The Morgan fingerprint density at radius 1 is 1.00 bits per heavy atom. The first-order valence-corrected chi connectivity index (χ1v) is 11.6. The average Bonchev–Trinajstić information content (AvgIpc) is 2.67. The summed E-state index contributed by atoms with van der Waals surface area (Å²) in [6.45, 7) is 3.51. The number of thiocarbonyl (C=S) groups is 1. The minimum Gasteiger partial charge on any atom is -0.332 e. The van der Waals surface area contributed by atoms with Crippen molar-refractivity contribution in [2.24, 2.45) is 0 Å². The first-order valence-electron chi connectivity index (χ1n) is 8.96. The predicted octanol–water partition coefficient (Wildman–Crippen LogP) is 3.78. The maximum atomic E-state index is 12.6. The number of rotatable bonds is 5. The summed E-state index contributed by atoms with van der Waals surface area (Å²) in [5.74, 6) is -0.363. The van der Waals surface area contributed by atoms with Gasteiger partial charge in [-0.2, -0.15) is 0 Å². The third kappa shape index (κ3) is 6.06. The molecular weight excluding hydrogens is 502 g/mol. The van der Waals surface area contributed by atoms with Crippen LogP contribution >= 0.6 is 28.1 Å². The summed E-state index contributed by atoms with van der Waals surface area (Å²) < 4.78 is 28.2. The van der Waals surface area contributed by atoms with Crippen LogP contribution in [0, 0.1) is 13.8 Å². The van der Waals surface area contributed by atoms with Crippen LogP contribution in [0.2, 0.25) is 0 Å². The van der Waals surface area contributed by atoms with Gasteiger partial charge in [-0.1, -0.05) is 12.1 Å². The van der Waals surface area contributed by atoms with Crippen molar-refractivity contribution in [3.05, 3.63) is 76.0 Å². The van der Waals surface area contributed by atoms with E-state index in [9.17, 15) is 13.2 Å². The molecule has 160 valence electrons. The highest BCUT2D eigenvalue weighted by molar-refractivity contribution is 9.10. The number of carbonyl (C=O) groups excluding carboxylic acids is 1. The van der Waals surface area contributed by atoms with E-state index < -0.39 is 10.0 Å². The molecule has 0 aliphatic heterocycles. The van der Waals surface area contributed by atoms with Gasteiger partial charge in [0.05, 0.1) is 10.5 Å². The quantitative estimate of drug-likeness (QED) is 0.439. The molecule has 0 aliphatic rings. The van der Waals surface area contributed by atoms with Gasteiger partial charge in [0.25, 0.3) is 15.9 Å². The van der Waals surface area contributed by atoms with Crippen LogP contribution in [0.15, 0.2) is 64.0 Å². The van der Waals surface area contributed by atoms with E-state index in [2.05, 4.69) is 41.3 Å². The number of amides is 1. The van der Waals surface area contributed by atoms with E-state index in [0.717, 1.165) is 0 Å². The fourth-order valence-electron chi connectivity index (χ4n) is 2.65. The first-order chi connectivity index (χ1) is 14.6. The maximum absolute atomic E-state index is 12.6. The van der Waals surface area contributed by atoms with Crippen LogP contribution < -0.4 is 15.4 Å². The molecule has 0 aliphatic carbocycles. The van der Waals surface area contributed by atoms with Crippen LogP contribution in [0.25, 0.3) is 0 Å². The van der Waals surface area contributed by atoms with Gasteiger partial charge in [-0.15, -0.1) is 0 Å². The smallest absolute Gasteiger partial charge is 0.264 e. The third-order valence-electron chi connectivity index (χ3n) is 3.98. The van der Waals surface area contributed by atoms with Gasteiger partial charge in [-0.05, 0) is 84.5 Å². The summed E-state index contributed by atoms with van der Waals surface area (Å²) in [5, 5.41) is 5.51. The monoisotopic (exact) mass is 519 g/mol. The number of aromatic nitrogens is 2. The van der Waals surface area contributed by atoms with Gasteiger partial charge < -0.3 is 5.32 Å². The molecule has 1 aromatic heterocycles. The van der Waals surface area contributed by atoms with Crippen molar-refractivity contribution in [2.75, 3.05) is 10.0 Å². The minimum absolute atomic E-state index is 0.00987. The highest BCUT2D eigenvalue weighted by atomic mass is 79.9. The predicted molar refractivity (Wildman–Crippen MR) is 127 cm³/mol. The standard InChI is InChI=1S/C20H18BrN5O3S2/c1-12-11-13(2)23-19(22-12)26-31(28,29)15-9-7-14(8-10-15)24-20(30)25-18(27)16-5-3-4-6-17(16)21/h3-11H,1-2H3,(H,22,23,26)(H2,24,25,27,30). The lowest BCUT2D eigenvalue weighted by molar-refractivity contribution is 0.0977. The minimum atomic E-state index is -3.86. The Bertz CT molecular complexity index is 1230. The molecule has 0 saturated carbocycles. The van der Waals surface area contributed by atoms with E-state index in [-0.39, 0.29) is 21.9 Å². The molecule has 1 amide bonds. The molecule has 31 heavy (non-hydrogen) atoms. The van der Waals surface area contributed by atoms with Gasteiger partial charge in [0.15, 0.2) is 5.11 Å². The molecule has 0 atom stereocenters. The Hall–Kier alpha value is -2.89. The molecule has 0 fully saturated rings. The molecule has 3 rings (SSSR count). The number of nitrogens with one attached hydrogen (secondary N) is 3. The number of anilines is 2. The average molecular weight is 520 g/mol. The Kier molecular flexibility index (Phi) is 6.98. The number of halogens is 1. The fraction of sp³-hybridized carbons (Fsp3) is 0.100. The normalized spacial score (nSPS) is 10.9. The molecule has 11 heteroatoms. The Labute approximate surface area is 193 Å². The summed E-state index contributed by atoms with van der Waals surface area (Å²) >= 11 is 8.48. The van der Waals surface area contributed by atoms with Gasteiger partial charge in [-0.3, -0.25) is 10.1 Å². The van der Waals surface area contributed by atoms with Crippen LogP contribution in [0.5, 0.6) is 0 Å². The van der Waals surface area contributed by atoms with Crippen molar-refractivity contribution in [3.63, 3.8) is 0 Å². The van der Waals surface area contributed by atoms with Gasteiger partial charge in [-0.25, -0.2) is 23.1 Å². The molecule has 1 heterocycles. The van der Waals surface area contributed by atoms with Gasteiger partial charge in [0, 0.05) is 21.5 Å². The lowest BCUT2D eigenvalue weighted by atomic mass is 10.2. The SMILES string of the molecule is Cc1cc(C)nc(NS(=O)(=O)c2ccc(NC(=S)NC(=O)c3ccccc3Br)cc2)n1. The fourth-order valence-corrected chi connectivity index (χ4v) is 4.27. The summed E-state index contributed by atoms with van der Waals surface area (Å²) in [6.07, 6.45) is 0. The van der Waals surface area contributed by atoms with Gasteiger partial charge in [0.2, 0.25) is 5.95 Å². The van der Waals surface area contributed by atoms with Crippen molar-refractivity contribution in [1.29, 1.82) is 0 Å². The Morgan fingerprint density at radius 2 is 1.61 bits per heavy atom. The molecule has 3 aromatic rings. The number of nitrogens with zero attached hydrogens (tertiary/aromatic N) is 2. The number of sulfonamides is 1. The molecule has 0 unspecified atom stereocenters. The topological polar surface area (TPSA) is 113 Å². The van der Waals surface area contributed by atoms with Crippen molar-refractivity contribution in [3.8, 4) is 0 Å². The largest absolute Gasteiger partial charge is 0.332 e. The lowest BCUT2D eigenvalue weighted by Crippen LogP contribution is -2.34. The second-order valence-corrected chi connectivity index (χ2v) is 9.44. The van der Waals surface area contributed by atoms with Gasteiger partial charge >= 0.3 is 0 Å². The van der Waals surface area contributed by atoms with Crippen molar-refractivity contribution in [2.45, 2.75) is 18.7 Å². The van der Waals surface area contributed by atoms with Gasteiger partial charge in [0.1, 0.15) is 0 Å². The molecule has 0 radical (unpaired) electrons. The number of hydrogen-bond donors (Lipinski definition) is 3. The number of carbonyl (C=O) groups is 1. The van der Waals surface area contributed by atoms with Crippen LogP contribution in [0.1, 0.15) is 21.7 Å². The lowest BCUT2D eigenvalue weighted by Gasteiger charge is -2.11. The zero-order valence-electron chi connectivity index (χ0n) is 16.5. The van der Waals surface area contributed by atoms with Crippen LogP contribution in [0.4, 0.5) is 11.6 Å². The highest BCUT2D eigenvalue weighted by Crippen LogP contribution is 2.18. The summed E-state index contributed by atoms with van der Waals surface area (Å²) in [7, 11) is -3.86. The second kappa shape index (κ2) is 9.50. The van der Waals surface area contributed by atoms with E-state index in [0.29, 0.717) is 27.1 Å². The van der Waals surface area contributed by atoms with Crippen molar-refractivity contribution >= 4 is 60.8 Å². The molecule has 8 nitrogen and oxygen atoms in total. The number of benzene rings is 2. The molecule has 0 bridgehead atoms. The van der Waals surface area contributed by atoms with E-state index in [4.69, 9.17) is 12.2 Å². The first kappa shape index (κ1) is 22.8. The maximum Gasteiger partial charge on any atom is 0.264 e. The van der Waals surface area contributed by atoms with Crippen LogP contribution in [0.3, 0.4) is 0 Å². The number of aryl methyl sites for hydroxylation is 2. The Morgan fingerprint density at radius 3 is 2.23 bits per heavy atom. The molecule has 0 spiro atoms. The zero-order chi connectivity index (χ0) is 22.6. The van der Waals surface area contributed by atoms with E-state index in [1.165, 1.54) is 24.3 Å². The summed E-state index contributed by atoms with van der Waals surface area (Å²) in [5.41, 5.74) is 2.26. The van der Waals surface area contributed by atoms with Crippen molar-refractivity contribution < 1.29 is 13.2 Å². The number of hydrogen-bond acceptors (Lipinski definition) is 6. The Balaban J connectivity index is 1.66. The second-order valence-electron chi connectivity index (χ2n) is 6.49. The van der Waals surface area contributed by atoms with E-state index >= 15 is 0 Å². The summed E-state index contributed by atoms with van der Waals surface area (Å²) in [6, 6.07) is 14.6. The highest BCUT2D eigenvalue weighted by Gasteiger charge is 2.16. The third-order valence-corrected chi connectivity index (χ3v) is 6.22. The molecule has 3 N–H and O–H groups in total. The zero-order valence-corrected chi connectivity index (χ0v) is 19.7. The molecule has 0 saturated heterocycles. The van der Waals surface area contributed by atoms with Crippen LogP contribution in [-0.2, 0) is 10.0 Å². The molecule has 2 aromatic carbocycles. The van der Waals surface area contributed by atoms with Crippen LogP contribution in [-0.4, -0.2) is 29.4 Å². The summed E-state index contributed by atoms with van der Waals surface area (Å²) in [4.78, 5) is 20.5. The van der Waals surface area contributed by atoms with E-state index in [1.807, 2.05) is 0 Å². The molecular formula is C20H18BrN5O3S2.